The zero-order valence-corrected chi connectivity index (χ0v) is 26.0. The molecule has 2 rings (SSSR count). The monoisotopic (exact) mass is 580 g/mol. The van der Waals surface area contributed by atoms with E-state index >= 15 is 0 Å². The van der Waals surface area contributed by atoms with Gasteiger partial charge in [0.1, 0.15) is 6.61 Å². The van der Waals surface area contributed by atoms with Crippen LogP contribution in [0.3, 0.4) is 0 Å². The average molecular weight is 581 g/mol. The molecule has 0 saturated carbocycles. The second-order valence-corrected chi connectivity index (χ2v) is 11.0. The highest BCUT2D eigenvalue weighted by atomic mass is 16.6. The highest BCUT2D eigenvalue weighted by molar-refractivity contribution is 5.69. The zero-order chi connectivity index (χ0) is 30.3. The topological polar surface area (TPSA) is 97.4 Å². The van der Waals surface area contributed by atoms with E-state index in [1.807, 2.05) is 24.3 Å². The highest BCUT2D eigenvalue weighted by Gasteiger charge is 2.08. The first-order valence-electron chi connectivity index (χ1n) is 16.2. The van der Waals surface area contributed by atoms with Crippen molar-refractivity contribution in [3.05, 3.63) is 58.6 Å². The van der Waals surface area contributed by atoms with Gasteiger partial charge in [0.2, 0.25) is 0 Å². The standard InChI is InChI=1S/C34H52N4O4/c1-3-5-6-7-8-9-10-11-12-13-14-15-16-17-18-19-34(39)42-29-28-37(4-2)32-24-20-30(21-25-32)35-36-31-22-26-33(27-23-31)38(40)41/h20-27H,3-19,28-29H2,1-2H3. The molecule has 0 saturated heterocycles. The van der Waals surface area contributed by atoms with Crippen LogP contribution in [0.5, 0.6) is 0 Å². The Morgan fingerprint density at radius 3 is 1.62 bits per heavy atom. The van der Waals surface area contributed by atoms with Crippen LogP contribution in [0.2, 0.25) is 0 Å². The second kappa shape index (κ2) is 22.3. The third-order valence-electron chi connectivity index (χ3n) is 7.55. The van der Waals surface area contributed by atoms with Crippen LogP contribution in [0.25, 0.3) is 0 Å². The fourth-order valence-electron chi connectivity index (χ4n) is 4.94. The fraction of sp³-hybridized carbons (Fsp3) is 0.618. The lowest BCUT2D eigenvalue weighted by Gasteiger charge is -2.23. The molecule has 0 N–H and O–H groups in total. The van der Waals surface area contributed by atoms with Gasteiger partial charge in [0.25, 0.3) is 5.69 Å². The van der Waals surface area contributed by atoms with Crippen LogP contribution in [-0.4, -0.2) is 30.6 Å². The number of hydrogen-bond donors (Lipinski definition) is 0. The van der Waals surface area contributed by atoms with Crippen LogP contribution in [0.15, 0.2) is 58.8 Å². The average Bonchev–Trinajstić information content (AvgIpc) is 3.00. The van der Waals surface area contributed by atoms with Crippen molar-refractivity contribution in [2.24, 2.45) is 10.2 Å². The zero-order valence-electron chi connectivity index (χ0n) is 26.0. The van der Waals surface area contributed by atoms with Crippen molar-refractivity contribution >= 4 is 28.7 Å². The number of hydrogen-bond acceptors (Lipinski definition) is 7. The molecular weight excluding hydrogens is 528 g/mol. The Morgan fingerprint density at radius 1 is 0.714 bits per heavy atom. The summed E-state index contributed by atoms with van der Waals surface area (Å²) in [5.74, 6) is -0.109. The summed E-state index contributed by atoms with van der Waals surface area (Å²) in [7, 11) is 0. The highest BCUT2D eigenvalue weighted by Crippen LogP contribution is 2.24. The van der Waals surface area contributed by atoms with Gasteiger partial charge in [-0.3, -0.25) is 14.9 Å². The maximum atomic E-state index is 12.2. The number of benzene rings is 2. The number of unbranched alkanes of at least 4 members (excludes halogenated alkanes) is 14. The number of nitro groups is 1. The Morgan fingerprint density at radius 2 is 1.17 bits per heavy atom. The van der Waals surface area contributed by atoms with E-state index in [0.717, 1.165) is 25.1 Å². The first-order valence-corrected chi connectivity index (χ1v) is 16.2. The molecule has 0 fully saturated rings. The lowest BCUT2D eigenvalue weighted by atomic mass is 10.0. The lowest BCUT2D eigenvalue weighted by molar-refractivity contribution is -0.384. The summed E-state index contributed by atoms with van der Waals surface area (Å²) in [5.41, 5.74) is 2.27. The minimum atomic E-state index is -0.443. The van der Waals surface area contributed by atoms with Gasteiger partial charge in [-0.1, -0.05) is 96.8 Å². The summed E-state index contributed by atoms with van der Waals surface area (Å²) in [5, 5.41) is 19.1. The number of non-ortho nitro benzene ring substituents is 1. The van der Waals surface area contributed by atoms with Gasteiger partial charge in [0.15, 0.2) is 0 Å². The van der Waals surface area contributed by atoms with Crippen molar-refractivity contribution in [3.8, 4) is 0 Å². The molecule has 0 atom stereocenters. The Labute approximate surface area is 253 Å². The maximum Gasteiger partial charge on any atom is 0.305 e. The number of carbonyl (C=O) groups is 1. The minimum absolute atomic E-state index is 0.0219. The normalized spacial score (nSPS) is 11.2. The van der Waals surface area contributed by atoms with Crippen molar-refractivity contribution in [1.82, 2.24) is 0 Å². The molecule has 0 spiro atoms. The number of rotatable bonds is 24. The van der Waals surface area contributed by atoms with E-state index in [9.17, 15) is 14.9 Å². The summed E-state index contributed by atoms with van der Waals surface area (Å²) in [6, 6.07) is 13.6. The Balaban J connectivity index is 1.51. The molecule has 42 heavy (non-hydrogen) atoms. The second-order valence-electron chi connectivity index (χ2n) is 11.0. The third kappa shape index (κ3) is 15.6. The first-order chi connectivity index (χ1) is 20.5. The van der Waals surface area contributed by atoms with E-state index in [-0.39, 0.29) is 11.7 Å². The van der Waals surface area contributed by atoms with Gasteiger partial charge in [0, 0.05) is 30.8 Å². The molecule has 0 aliphatic rings. The Kier molecular flexibility index (Phi) is 18.6. The number of anilines is 1. The van der Waals surface area contributed by atoms with Crippen molar-refractivity contribution < 1.29 is 14.5 Å². The minimum Gasteiger partial charge on any atom is -0.464 e. The van der Waals surface area contributed by atoms with E-state index < -0.39 is 4.92 Å². The molecule has 2 aromatic carbocycles. The molecule has 0 unspecified atom stereocenters. The number of nitro benzene ring substituents is 1. The van der Waals surface area contributed by atoms with Gasteiger partial charge in [-0.05, 0) is 49.7 Å². The summed E-state index contributed by atoms with van der Waals surface area (Å²) in [6.45, 7) is 6.13. The van der Waals surface area contributed by atoms with E-state index in [0.29, 0.717) is 30.9 Å². The molecule has 0 bridgehead atoms. The molecule has 0 aliphatic carbocycles. The van der Waals surface area contributed by atoms with Crippen LogP contribution in [-0.2, 0) is 9.53 Å². The van der Waals surface area contributed by atoms with Crippen LogP contribution >= 0.6 is 0 Å². The first kappa shape index (κ1) is 34.9. The maximum absolute atomic E-state index is 12.2. The van der Waals surface area contributed by atoms with Gasteiger partial charge in [-0.2, -0.15) is 10.2 Å². The SMILES string of the molecule is CCCCCCCCCCCCCCCCCC(=O)OCCN(CC)c1ccc(N=Nc2ccc([N+](=O)[O-])cc2)cc1. The predicted octanol–water partition coefficient (Wildman–Crippen LogP) is 10.6. The van der Waals surface area contributed by atoms with Crippen LogP contribution in [0.1, 0.15) is 117 Å². The van der Waals surface area contributed by atoms with Crippen molar-refractivity contribution in [1.29, 1.82) is 0 Å². The quantitative estimate of drug-likeness (QED) is 0.0404. The molecule has 232 valence electrons. The number of likely N-dealkylation sites (N-methyl/N-ethyl adjacent to an activating group) is 1. The molecule has 2 aromatic rings. The van der Waals surface area contributed by atoms with Crippen molar-refractivity contribution in [2.45, 2.75) is 117 Å². The molecule has 0 amide bonds. The third-order valence-corrected chi connectivity index (χ3v) is 7.55. The molecule has 0 heterocycles. The lowest BCUT2D eigenvalue weighted by Crippen LogP contribution is -2.27. The Bertz CT molecular complexity index is 1020. The summed E-state index contributed by atoms with van der Waals surface area (Å²) in [6.07, 6.45) is 20.2. The number of nitrogens with zero attached hydrogens (tertiary/aromatic N) is 4. The molecule has 0 aliphatic heterocycles. The summed E-state index contributed by atoms with van der Waals surface area (Å²) in [4.78, 5) is 24.6. The van der Waals surface area contributed by atoms with Crippen LogP contribution in [0.4, 0.5) is 22.7 Å². The fourth-order valence-corrected chi connectivity index (χ4v) is 4.94. The van der Waals surface area contributed by atoms with Gasteiger partial charge in [-0.15, -0.1) is 0 Å². The molecular formula is C34H52N4O4. The van der Waals surface area contributed by atoms with Gasteiger partial charge in [0.05, 0.1) is 22.8 Å². The summed E-state index contributed by atoms with van der Waals surface area (Å²) >= 11 is 0. The van der Waals surface area contributed by atoms with E-state index in [1.54, 1.807) is 12.1 Å². The number of azo groups is 1. The van der Waals surface area contributed by atoms with Crippen molar-refractivity contribution in [3.63, 3.8) is 0 Å². The van der Waals surface area contributed by atoms with E-state index in [2.05, 4.69) is 29.0 Å². The van der Waals surface area contributed by atoms with E-state index in [4.69, 9.17) is 4.74 Å². The largest absolute Gasteiger partial charge is 0.464 e. The smallest absolute Gasteiger partial charge is 0.305 e. The van der Waals surface area contributed by atoms with Crippen LogP contribution in [0, 0.1) is 10.1 Å². The molecule has 0 aromatic heterocycles. The van der Waals surface area contributed by atoms with Gasteiger partial charge >= 0.3 is 5.97 Å². The molecule has 8 heteroatoms. The van der Waals surface area contributed by atoms with E-state index in [1.165, 1.54) is 95.6 Å². The Hall–Kier alpha value is -3.29. The summed E-state index contributed by atoms with van der Waals surface area (Å²) < 4.78 is 5.49. The van der Waals surface area contributed by atoms with Gasteiger partial charge < -0.3 is 9.64 Å². The number of ether oxygens (including phenoxy) is 1. The predicted molar refractivity (Wildman–Crippen MR) is 172 cm³/mol. The number of esters is 1. The molecule has 0 radical (unpaired) electrons. The van der Waals surface area contributed by atoms with Crippen molar-refractivity contribution in [2.75, 3.05) is 24.6 Å². The van der Waals surface area contributed by atoms with Crippen LogP contribution < -0.4 is 4.90 Å². The van der Waals surface area contributed by atoms with Gasteiger partial charge in [-0.25, -0.2) is 0 Å². The number of carbonyl (C=O) groups excluding carboxylic acids is 1. The molecule has 8 nitrogen and oxygen atoms in total.